The van der Waals surface area contributed by atoms with E-state index >= 15 is 0 Å². The molecule has 0 amide bonds. The maximum absolute atomic E-state index is 5.93. The minimum absolute atomic E-state index is 0.653. The number of nitrogens with one attached hydrogen (secondary N) is 1. The SMILES string of the molecule is CCOc1cc(CNCCOC)ccc1OCC1CCC1. The molecular weight excluding hydrogens is 266 g/mol. The van der Waals surface area contributed by atoms with E-state index in [4.69, 9.17) is 14.2 Å². The summed E-state index contributed by atoms with van der Waals surface area (Å²) in [5.41, 5.74) is 1.20. The molecule has 0 bridgehead atoms. The predicted molar refractivity (Wildman–Crippen MR) is 84.0 cm³/mol. The summed E-state index contributed by atoms with van der Waals surface area (Å²) < 4.78 is 16.7. The monoisotopic (exact) mass is 293 g/mol. The Morgan fingerprint density at radius 2 is 2.05 bits per heavy atom. The van der Waals surface area contributed by atoms with Crippen molar-refractivity contribution in [3.8, 4) is 11.5 Å². The molecule has 0 aliphatic heterocycles. The highest BCUT2D eigenvalue weighted by molar-refractivity contribution is 5.43. The van der Waals surface area contributed by atoms with Gasteiger partial charge < -0.3 is 19.5 Å². The van der Waals surface area contributed by atoms with Crippen LogP contribution in [-0.2, 0) is 11.3 Å². The van der Waals surface area contributed by atoms with Crippen molar-refractivity contribution in [3.63, 3.8) is 0 Å². The van der Waals surface area contributed by atoms with E-state index in [-0.39, 0.29) is 0 Å². The summed E-state index contributed by atoms with van der Waals surface area (Å²) in [5, 5.41) is 3.34. The van der Waals surface area contributed by atoms with Crippen LogP contribution in [0.4, 0.5) is 0 Å². The molecular formula is C17H27NO3. The van der Waals surface area contributed by atoms with E-state index in [0.29, 0.717) is 6.61 Å². The van der Waals surface area contributed by atoms with Crippen LogP contribution < -0.4 is 14.8 Å². The van der Waals surface area contributed by atoms with Crippen LogP contribution in [0.1, 0.15) is 31.7 Å². The van der Waals surface area contributed by atoms with E-state index in [0.717, 1.165) is 43.7 Å². The Balaban J connectivity index is 1.89. The highest BCUT2D eigenvalue weighted by atomic mass is 16.5. The van der Waals surface area contributed by atoms with Gasteiger partial charge >= 0.3 is 0 Å². The maximum atomic E-state index is 5.93. The third-order valence-corrected chi connectivity index (χ3v) is 3.82. The van der Waals surface area contributed by atoms with E-state index < -0.39 is 0 Å². The molecule has 1 aromatic rings. The topological polar surface area (TPSA) is 39.7 Å². The lowest BCUT2D eigenvalue weighted by Crippen LogP contribution is -2.20. The zero-order valence-corrected chi connectivity index (χ0v) is 13.2. The van der Waals surface area contributed by atoms with E-state index in [9.17, 15) is 0 Å². The molecule has 1 N–H and O–H groups in total. The molecule has 2 rings (SSSR count). The molecule has 1 fully saturated rings. The lowest BCUT2D eigenvalue weighted by atomic mass is 9.86. The van der Waals surface area contributed by atoms with Crippen molar-refractivity contribution in [1.82, 2.24) is 5.32 Å². The summed E-state index contributed by atoms with van der Waals surface area (Å²) in [6.45, 7) is 5.85. The normalized spacial score (nSPS) is 14.8. The smallest absolute Gasteiger partial charge is 0.161 e. The van der Waals surface area contributed by atoms with Crippen molar-refractivity contribution in [1.29, 1.82) is 0 Å². The zero-order chi connectivity index (χ0) is 14.9. The second kappa shape index (κ2) is 8.90. The second-order valence-corrected chi connectivity index (χ2v) is 5.49. The van der Waals surface area contributed by atoms with Gasteiger partial charge in [-0.3, -0.25) is 0 Å². The fourth-order valence-electron chi connectivity index (χ4n) is 2.32. The van der Waals surface area contributed by atoms with E-state index in [1.165, 1.54) is 24.8 Å². The first-order valence-electron chi connectivity index (χ1n) is 7.91. The number of methoxy groups -OCH3 is 1. The third kappa shape index (κ3) is 5.21. The van der Waals surface area contributed by atoms with Crippen molar-refractivity contribution in [2.75, 3.05) is 33.5 Å². The molecule has 118 valence electrons. The first-order valence-corrected chi connectivity index (χ1v) is 7.91. The van der Waals surface area contributed by atoms with Crippen molar-refractivity contribution in [2.45, 2.75) is 32.7 Å². The molecule has 0 spiro atoms. The highest BCUT2D eigenvalue weighted by Gasteiger charge is 2.18. The van der Waals surface area contributed by atoms with Gasteiger partial charge in [0.15, 0.2) is 11.5 Å². The molecule has 1 aliphatic carbocycles. The highest BCUT2D eigenvalue weighted by Crippen LogP contribution is 2.32. The number of hydrogen-bond donors (Lipinski definition) is 1. The second-order valence-electron chi connectivity index (χ2n) is 5.49. The first kappa shape index (κ1) is 16.1. The Morgan fingerprint density at radius 1 is 1.19 bits per heavy atom. The Kier molecular flexibility index (Phi) is 6.83. The molecule has 4 nitrogen and oxygen atoms in total. The van der Waals surface area contributed by atoms with Crippen LogP contribution in [0, 0.1) is 5.92 Å². The van der Waals surface area contributed by atoms with Crippen LogP contribution >= 0.6 is 0 Å². The summed E-state index contributed by atoms with van der Waals surface area (Å²) in [6.07, 6.45) is 3.94. The Hall–Kier alpha value is -1.26. The lowest BCUT2D eigenvalue weighted by Gasteiger charge is -2.25. The standard InChI is InChI=1S/C17H27NO3/c1-3-20-17-11-15(12-18-9-10-19-2)7-8-16(17)21-13-14-5-4-6-14/h7-8,11,14,18H,3-6,9-10,12-13H2,1-2H3. The predicted octanol–water partition coefficient (Wildman–Crippen LogP) is 3.00. The first-order chi connectivity index (χ1) is 10.3. The van der Waals surface area contributed by atoms with Crippen LogP contribution in [0.5, 0.6) is 11.5 Å². The summed E-state index contributed by atoms with van der Waals surface area (Å²) in [4.78, 5) is 0. The van der Waals surface area contributed by atoms with Gasteiger partial charge in [-0.2, -0.15) is 0 Å². The lowest BCUT2D eigenvalue weighted by molar-refractivity contribution is 0.174. The Bertz CT molecular complexity index is 418. The minimum Gasteiger partial charge on any atom is -0.490 e. The van der Waals surface area contributed by atoms with Gasteiger partial charge in [0.05, 0.1) is 19.8 Å². The summed E-state index contributed by atoms with van der Waals surface area (Å²) in [7, 11) is 1.71. The van der Waals surface area contributed by atoms with Crippen molar-refractivity contribution in [3.05, 3.63) is 23.8 Å². The van der Waals surface area contributed by atoms with Gasteiger partial charge in [0.25, 0.3) is 0 Å². The third-order valence-electron chi connectivity index (χ3n) is 3.82. The molecule has 0 saturated heterocycles. The number of rotatable bonds is 10. The minimum atomic E-state index is 0.653. The summed E-state index contributed by atoms with van der Waals surface area (Å²) in [6, 6.07) is 6.19. The molecule has 0 unspecified atom stereocenters. The summed E-state index contributed by atoms with van der Waals surface area (Å²) in [5.74, 6) is 2.45. The molecule has 1 saturated carbocycles. The maximum Gasteiger partial charge on any atom is 0.161 e. The summed E-state index contributed by atoms with van der Waals surface area (Å²) >= 11 is 0. The van der Waals surface area contributed by atoms with Gasteiger partial charge in [-0.25, -0.2) is 0 Å². The number of hydrogen-bond acceptors (Lipinski definition) is 4. The average molecular weight is 293 g/mol. The number of ether oxygens (including phenoxy) is 3. The fraction of sp³-hybridized carbons (Fsp3) is 0.647. The fourth-order valence-corrected chi connectivity index (χ4v) is 2.32. The molecule has 0 heterocycles. The Morgan fingerprint density at radius 3 is 2.71 bits per heavy atom. The molecule has 0 radical (unpaired) electrons. The van der Waals surface area contributed by atoms with Crippen LogP contribution in [0.25, 0.3) is 0 Å². The molecule has 1 aromatic carbocycles. The van der Waals surface area contributed by atoms with Gasteiger partial charge in [-0.05, 0) is 43.4 Å². The van der Waals surface area contributed by atoms with Gasteiger partial charge in [-0.15, -0.1) is 0 Å². The van der Waals surface area contributed by atoms with Crippen molar-refractivity contribution in [2.24, 2.45) is 5.92 Å². The van der Waals surface area contributed by atoms with Crippen molar-refractivity contribution >= 4 is 0 Å². The zero-order valence-electron chi connectivity index (χ0n) is 13.2. The van der Waals surface area contributed by atoms with E-state index in [2.05, 4.69) is 17.4 Å². The molecule has 0 atom stereocenters. The molecule has 21 heavy (non-hydrogen) atoms. The largest absolute Gasteiger partial charge is 0.490 e. The van der Waals surface area contributed by atoms with Crippen LogP contribution in [0.3, 0.4) is 0 Å². The quantitative estimate of drug-likeness (QED) is 0.673. The molecule has 4 heteroatoms. The molecule has 1 aliphatic rings. The van der Waals surface area contributed by atoms with Crippen LogP contribution in [0.15, 0.2) is 18.2 Å². The van der Waals surface area contributed by atoms with Gasteiger partial charge in [-0.1, -0.05) is 12.5 Å². The van der Waals surface area contributed by atoms with Gasteiger partial charge in [0.1, 0.15) is 0 Å². The van der Waals surface area contributed by atoms with E-state index in [1.54, 1.807) is 7.11 Å². The van der Waals surface area contributed by atoms with Crippen molar-refractivity contribution < 1.29 is 14.2 Å². The average Bonchev–Trinajstić information content (AvgIpc) is 2.44. The van der Waals surface area contributed by atoms with E-state index in [1.807, 2.05) is 13.0 Å². The number of benzene rings is 1. The Labute approximate surface area is 127 Å². The van der Waals surface area contributed by atoms with Gasteiger partial charge in [0.2, 0.25) is 0 Å². The van der Waals surface area contributed by atoms with Gasteiger partial charge in [0, 0.05) is 20.2 Å². The van der Waals surface area contributed by atoms with Crippen LogP contribution in [0.2, 0.25) is 0 Å². The van der Waals surface area contributed by atoms with Crippen LogP contribution in [-0.4, -0.2) is 33.5 Å². The molecule has 0 aromatic heterocycles.